The molecule has 0 saturated heterocycles. The molecule has 0 amide bonds. The van der Waals surface area contributed by atoms with E-state index in [0.29, 0.717) is 19.3 Å². The Kier molecular flexibility index (Phi) is 3.89. The first kappa shape index (κ1) is 12.9. The third-order valence-corrected chi connectivity index (χ3v) is 3.64. The number of carbonyl (C=O) groups excluding carboxylic acids is 2. The predicted octanol–water partition coefficient (Wildman–Crippen LogP) is 2.50. The predicted molar refractivity (Wildman–Crippen MR) is 61.9 cm³/mol. The van der Waals surface area contributed by atoms with Crippen molar-refractivity contribution in [1.29, 1.82) is 0 Å². The number of allylic oxidation sites excluding steroid dienone is 1. The van der Waals surface area contributed by atoms with Crippen molar-refractivity contribution >= 4 is 11.8 Å². The summed E-state index contributed by atoms with van der Waals surface area (Å²) in [5, 5.41) is 0. The van der Waals surface area contributed by atoms with Gasteiger partial charge in [-0.1, -0.05) is 12.5 Å². The van der Waals surface area contributed by atoms with Crippen LogP contribution in [0.2, 0.25) is 0 Å². The standard InChI is InChI=1S/C13H20O3/c1-9(2)7-8-13(12(15)16-4)10(3)5-6-11(13)14/h10H,1,5-8H2,2-4H3/t10-,13-/m1/s1. The second-order valence-electron chi connectivity index (χ2n) is 4.78. The second kappa shape index (κ2) is 4.81. The first-order chi connectivity index (χ1) is 7.45. The Morgan fingerprint density at radius 3 is 2.62 bits per heavy atom. The quantitative estimate of drug-likeness (QED) is 0.418. The van der Waals surface area contributed by atoms with Gasteiger partial charge >= 0.3 is 5.97 Å². The van der Waals surface area contributed by atoms with Crippen molar-refractivity contribution < 1.29 is 14.3 Å². The highest BCUT2D eigenvalue weighted by Crippen LogP contribution is 2.45. The lowest BCUT2D eigenvalue weighted by atomic mass is 9.74. The molecule has 0 bridgehead atoms. The van der Waals surface area contributed by atoms with Crippen molar-refractivity contribution in [2.24, 2.45) is 11.3 Å². The molecule has 1 fully saturated rings. The SMILES string of the molecule is C=C(C)CC[C@]1(C(=O)OC)C(=O)CC[C@H]1C. The zero-order valence-corrected chi connectivity index (χ0v) is 10.3. The zero-order chi connectivity index (χ0) is 12.3. The molecule has 0 spiro atoms. The van der Waals surface area contributed by atoms with Gasteiger partial charge in [-0.05, 0) is 32.1 Å². The molecule has 0 aromatic rings. The number of methoxy groups -OCH3 is 1. The van der Waals surface area contributed by atoms with Crippen molar-refractivity contribution in [1.82, 2.24) is 0 Å². The number of rotatable bonds is 4. The molecule has 1 rings (SSSR count). The summed E-state index contributed by atoms with van der Waals surface area (Å²) < 4.78 is 4.82. The van der Waals surface area contributed by atoms with Crippen molar-refractivity contribution in [3.8, 4) is 0 Å². The van der Waals surface area contributed by atoms with E-state index >= 15 is 0 Å². The summed E-state index contributed by atoms with van der Waals surface area (Å²) in [6, 6.07) is 0. The smallest absolute Gasteiger partial charge is 0.319 e. The maximum atomic E-state index is 12.0. The van der Waals surface area contributed by atoms with Gasteiger partial charge in [0.25, 0.3) is 0 Å². The average molecular weight is 224 g/mol. The largest absolute Gasteiger partial charge is 0.468 e. The molecule has 3 heteroatoms. The van der Waals surface area contributed by atoms with Gasteiger partial charge in [0, 0.05) is 6.42 Å². The molecule has 0 heterocycles. The first-order valence-electron chi connectivity index (χ1n) is 5.71. The third kappa shape index (κ3) is 2.04. The van der Waals surface area contributed by atoms with Gasteiger partial charge in [0.1, 0.15) is 11.2 Å². The molecule has 3 nitrogen and oxygen atoms in total. The van der Waals surface area contributed by atoms with E-state index in [1.807, 2.05) is 13.8 Å². The van der Waals surface area contributed by atoms with Crippen LogP contribution >= 0.6 is 0 Å². The van der Waals surface area contributed by atoms with E-state index in [-0.39, 0.29) is 17.7 Å². The second-order valence-corrected chi connectivity index (χ2v) is 4.78. The van der Waals surface area contributed by atoms with Crippen LogP contribution in [-0.4, -0.2) is 18.9 Å². The van der Waals surface area contributed by atoms with Gasteiger partial charge in [0.15, 0.2) is 0 Å². The summed E-state index contributed by atoms with van der Waals surface area (Å²) in [5.41, 5.74) is 0.0865. The van der Waals surface area contributed by atoms with E-state index in [2.05, 4.69) is 6.58 Å². The number of ether oxygens (including phenoxy) is 1. The lowest BCUT2D eigenvalue weighted by Crippen LogP contribution is -2.40. The summed E-state index contributed by atoms with van der Waals surface area (Å²) in [6.07, 6.45) is 2.51. The molecule has 1 saturated carbocycles. The minimum absolute atomic E-state index is 0.0353. The Balaban J connectivity index is 2.96. The van der Waals surface area contributed by atoms with E-state index < -0.39 is 5.41 Å². The molecule has 0 aromatic carbocycles. The van der Waals surface area contributed by atoms with Gasteiger partial charge in [0.2, 0.25) is 0 Å². The lowest BCUT2D eigenvalue weighted by Gasteiger charge is -2.29. The number of hydrogen-bond donors (Lipinski definition) is 0. The lowest BCUT2D eigenvalue weighted by molar-refractivity contribution is -0.159. The van der Waals surface area contributed by atoms with Gasteiger partial charge in [-0.3, -0.25) is 9.59 Å². The fourth-order valence-electron chi connectivity index (χ4n) is 2.49. The van der Waals surface area contributed by atoms with Crippen molar-refractivity contribution in [2.45, 2.75) is 39.5 Å². The van der Waals surface area contributed by atoms with Gasteiger partial charge in [-0.25, -0.2) is 0 Å². The van der Waals surface area contributed by atoms with Crippen LogP contribution < -0.4 is 0 Å². The monoisotopic (exact) mass is 224 g/mol. The van der Waals surface area contributed by atoms with E-state index in [9.17, 15) is 9.59 Å². The van der Waals surface area contributed by atoms with Crippen LogP contribution in [-0.2, 0) is 14.3 Å². The maximum absolute atomic E-state index is 12.0. The molecule has 0 aromatic heterocycles. The fraction of sp³-hybridized carbons (Fsp3) is 0.692. The topological polar surface area (TPSA) is 43.4 Å². The molecule has 16 heavy (non-hydrogen) atoms. The Bertz CT molecular complexity index is 319. The van der Waals surface area contributed by atoms with Gasteiger partial charge in [-0.15, -0.1) is 6.58 Å². The molecular formula is C13H20O3. The van der Waals surface area contributed by atoms with Crippen LogP contribution in [0.15, 0.2) is 12.2 Å². The summed E-state index contributed by atoms with van der Waals surface area (Å²) >= 11 is 0. The van der Waals surface area contributed by atoms with E-state index in [1.54, 1.807) is 0 Å². The van der Waals surface area contributed by atoms with Gasteiger partial charge in [-0.2, -0.15) is 0 Å². The number of ketones is 1. The van der Waals surface area contributed by atoms with Crippen LogP contribution in [0.5, 0.6) is 0 Å². The number of Topliss-reactive ketones (excluding diaryl/α,β-unsaturated/α-hetero) is 1. The molecule has 1 aliphatic rings. The van der Waals surface area contributed by atoms with Crippen LogP contribution in [0.1, 0.15) is 39.5 Å². The number of carbonyl (C=O) groups is 2. The van der Waals surface area contributed by atoms with Crippen LogP contribution in [0.25, 0.3) is 0 Å². The minimum atomic E-state index is -0.909. The molecule has 0 aliphatic heterocycles. The van der Waals surface area contributed by atoms with Crippen molar-refractivity contribution in [2.75, 3.05) is 7.11 Å². The third-order valence-electron chi connectivity index (χ3n) is 3.64. The minimum Gasteiger partial charge on any atom is -0.468 e. The molecule has 0 unspecified atom stereocenters. The van der Waals surface area contributed by atoms with Crippen molar-refractivity contribution in [3.05, 3.63) is 12.2 Å². The molecule has 0 N–H and O–H groups in total. The molecule has 0 radical (unpaired) electrons. The molecule has 90 valence electrons. The Labute approximate surface area is 96.9 Å². The summed E-state index contributed by atoms with van der Waals surface area (Å²) in [7, 11) is 1.35. The average Bonchev–Trinajstić information content (AvgIpc) is 2.52. The first-order valence-corrected chi connectivity index (χ1v) is 5.71. The Morgan fingerprint density at radius 1 is 1.62 bits per heavy atom. The maximum Gasteiger partial charge on any atom is 0.319 e. The van der Waals surface area contributed by atoms with E-state index in [1.165, 1.54) is 7.11 Å². The molecular weight excluding hydrogens is 204 g/mol. The Hall–Kier alpha value is -1.12. The number of esters is 1. The highest BCUT2D eigenvalue weighted by molar-refractivity contribution is 6.05. The summed E-state index contributed by atoms with van der Waals surface area (Å²) in [4.78, 5) is 23.9. The fourth-order valence-corrected chi connectivity index (χ4v) is 2.49. The van der Waals surface area contributed by atoms with E-state index in [0.717, 1.165) is 12.0 Å². The molecule has 2 atom stereocenters. The number of hydrogen-bond acceptors (Lipinski definition) is 3. The normalized spacial score (nSPS) is 29.2. The summed E-state index contributed by atoms with van der Waals surface area (Å²) in [5.74, 6) is -0.261. The van der Waals surface area contributed by atoms with Crippen LogP contribution in [0, 0.1) is 11.3 Å². The highest BCUT2D eigenvalue weighted by Gasteiger charge is 2.53. The zero-order valence-electron chi connectivity index (χ0n) is 10.3. The van der Waals surface area contributed by atoms with E-state index in [4.69, 9.17) is 4.74 Å². The Morgan fingerprint density at radius 2 is 2.25 bits per heavy atom. The summed E-state index contributed by atoms with van der Waals surface area (Å²) in [6.45, 7) is 7.69. The van der Waals surface area contributed by atoms with Crippen LogP contribution in [0.3, 0.4) is 0 Å². The van der Waals surface area contributed by atoms with Gasteiger partial charge in [0.05, 0.1) is 7.11 Å². The highest BCUT2D eigenvalue weighted by atomic mass is 16.5. The van der Waals surface area contributed by atoms with Crippen molar-refractivity contribution in [3.63, 3.8) is 0 Å². The van der Waals surface area contributed by atoms with Gasteiger partial charge < -0.3 is 4.74 Å². The molecule has 1 aliphatic carbocycles. The van der Waals surface area contributed by atoms with Crippen LogP contribution in [0.4, 0.5) is 0 Å².